The molecule has 18 heavy (non-hydrogen) atoms. The van der Waals surface area contributed by atoms with Crippen LogP contribution >= 0.6 is 15.9 Å². The summed E-state index contributed by atoms with van der Waals surface area (Å²) in [6.07, 6.45) is 0. The first-order valence-electron chi connectivity index (χ1n) is 5.74. The van der Waals surface area contributed by atoms with Crippen LogP contribution in [0.1, 0.15) is 22.8 Å². The first kappa shape index (κ1) is 12.8. The highest BCUT2D eigenvalue weighted by Crippen LogP contribution is 2.14. The van der Waals surface area contributed by atoms with E-state index in [9.17, 15) is 4.79 Å². The van der Waals surface area contributed by atoms with Gasteiger partial charge in [-0.05, 0) is 48.9 Å². The Labute approximate surface area is 115 Å². The lowest BCUT2D eigenvalue weighted by Crippen LogP contribution is -2.00. The van der Waals surface area contributed by atoms with E-state index in [4.69, 9.17) is 0 Å². The third kappa shape index (κ3) is 3.44. The lowest BCUT2D eigenvalue weighted by atomic mass is 10.1. The molecule has 0 saturated heterocycles. The first-order valence-corrected chi connectivity index (χ1v) is 6.54. The number of ketones is 1. The monoisotopic (exact) mass is 303 g/mol. The van der Waals surface area contributed by atoms with Gasteiger partial charge in [0.25, 0.3) is 0 Å². The molecule has 0 aliphatic carbocycles. The predicted octanol–water partition coefficient (Wildman–Crippen LogP) is 4.26. The van der Waals surface area contributed by atoms with Crippen LogP contribution in [0.2, 0.25) is 0 Å². The van der Waals surface area contributed by atoms with Crippen molar-refractivity contribution in [2.24, 2.45) is 0 Å². The molecule has 0 aliphatic heterocycles. The van der Waals surface area contributed by atoms with Gasteiger partial charge in [0, 0.05) is 22.3 Å². The Morgan fingerprint density at radius 3 is 2.50 bits per heavy atom. The highest BCUT2D eigenvalue weighted by atomic mass is 79.9. The van der Waals surface area contributed by atoms with Crippen LogP contribution in [0.4, 0.5) is 5.69 Å². The quantitative estimate of drug-likeness (QED) is 0.855. The minimum Gasteiger partial charge on any atom is -0.381 e. The van der Waals surface area contributed by atoms with Crippen molar-refractivity contribution in [1.29, 1.82) is 0 Å². The third-order valence-electron chi connectivity index (χ3n) is 2.68. The molecule has 92 valence electrons. The Bertz CT molecular complexity index is 549. The number of anilines is 1. The van der Waals surface area contributed by atoms with Crippen LogP contribution in [0.15, 0.2) is 53.0 Å². The maximum Gasteiger partial charge on any atom is 0.159 e. The van der Waals surface area contributed by atoms with Crippen LogP contribution < -0.4 is 5.32 Å². The van der Waals surface area contributed by atoms with Crippen molar-refractivity contribution in [1.82, 2.24) is 0 Å². The number of carbonyl (C=O) groups excluding carboxylic acids is 1. The van der Waals surface area contributed by atoms with E-state index in [1.54, 1.807) is 6.92 Å². The molecule has 2 aromatic carbocycles. The van der Waals surface area contributed by atoms with Gasteiger partial charge >= 0.3 is 0 Å². The fourth-order valence-electron chi connectivity index (χ4n) is 1.67. The van der Waals surface area contributed by atoms with Crippen molar-refractivity contribution < 1.29 is 4.79 Å². The summed E-state index contributed by atoms with van der Waals surface area (Å²) < 4.78 is 1.08. The van der Waals surface area contributed by atoms with Crippen molar-refractivity contribution in [2.75, 3.05) is 5.32 Å². The van der Waals surface area contributed by atoms with Gasteiger partial charge in [0.15, 0.2) is 5.78 Å². The van der Waals surface area contributed by atoms with E-state index in [0.717, 1.165) is 22.3 Å². The summed E-state index contributed by atoms with van der Waals surface area (Å²) in [5.41, 5.74) is 2.96. The van der Waals surface area contributed by atoms with Gasteiger partial charge in [-0.15, -0.1) is 0 Å². The summed E-state index contributed by atoms with van der Waals surface area (Å²) >= 11 is 3.45. The summed E-state index contributed by atoms with van der Waals surface area (Å²) in [7, 11) is 0. The predicted molar refractivity (Wildman–Crippen MR) is 77.9 cm³/mol. The molecule has 2 aromatic rings. The lowest BCUT2D eigenvalue weighted by Gasteiger charge is -2.07. The number of Topliss-reactive ketones (excluding diaryl/α,β-unsaturated/α-hetero) is 1. The molecule has 0 unspecified atom stereocenters. The molecule has 2 rings (SSSR count). The highest BCUT2D eigenvalue weighted by Gasteiger charge is 1.99. The van der Waals surface area contributed by atoms with Crippen LogP contribution in [0, 0.1) is 0 Å². The van der Waals surface area contributed by atoms with Crippen LogP contribution in [0.3, 0.4) is 0 Å². The minimum absolute atomic E-state index is 0.0912. The molecule has 0 amide bonds. The summed E-state index contributed by atoms with van der Waals surface area (Å²) in [6, 6.07) is 15.7. The van der Waals surface area contributed by atoms with Gasteiger partial charge < -0.3 is 5.32 Å². The zero-order valence-electron chi connectivity index (χ0n) is 10.1. The van der Waals surface area contributed by atoms with E-state index in [1.807, 2.05) is 36.4 Å². The minimum atomic E-state index is 0.0912. The molecule has 0 aromatic heterocycles. The van der Waals surface area contributed by atoms with Crippen molar-refractivity contribution in [3.05, 3.63) is 64.1 Å². The van der Waals surface area contributed by atoms with Crippen LogP contribution in [-0.2, 0) is 6.54 Å². The number of carbonyl (C=O) groups is 1. The number of halogens is 1. The molecule has 0 radical (unpaired) electrons. The first-order chi connectivity index (χ1) is 8.65. The average Bonchev–Trinajstić information content (AvgIpc) is 2.37. The summed E-state index contributed by atoms with van der Waals surface area (Å²) in [5, 5.41) is 3.32. The zero-order valence-corrected chi connectivity index (χ0v) is 11.7. The molecule has 0 atom stereocenters. The maximum atomic E-state index is 11.1. The second-order valence-corrected chi connectivity index (χ2v) is 5.03. The Morgan fingerprint density at radius 1 is 1.17 bits per heavy atom. The Kier molecular flexibility index (Phi) is 4.15. The molecule has 0 fully saturated rings. The van der Waals surface area contributed by atoms with E-state index in [0.29, 0.717) is 0 Å². The highest BCUT2D eigenvalue weighted by molar-refractivity contribution is 9.10. The van der Waals surface area contributed by atoms with E-state index < -0.39 is 0 Å². The summed E-state index contributed by atoms with van der Waals surface area (Å²) in [5.74, 6) is 0.0912. The smallest absolute Gasteiger partial charge is 0.159 e. The van der Waals surface area contributed by atoms with E-state index in [-0.39, 0.29) is 5.78 Å². The number of nitrogens with one attached hydrogen (secondary N) is 1. The number of hydrogen-bond donors (Lipinski definition) is 1. The van der Waals surface area contributed by atoms with Crippen molar-refractivity contribution >= 4 is 27.4 Å². The van der Waals surface area contributed by atoms with Crippen molar-refractivity contribution in [2.45, 2.75) is 13.5 Å². The molecule has 0 saturated carbocycles. The summed E-state index contributed by atoms with van der Waals surface area (Å²) in [6.45, 7) is 2.34. The zero-order chi connectivity index (χ0) is 13.0. The van der Waals surface area contributed by atoms with Crippen molar-refractivity contribution in [3.63, 3.8) is 0 Å². The van der Waals surface area contributed by atoms with Gasteiger partial charge in [0.1, 0.15) is 0 Å². The van der Waals surface area contributed by atoms with Gasteiger partial charge in [-0.2, -0.15) is 0 Å². The maximum absolute atomic E-state index is 11.1. The molecule has 0 heterocycles. The Morgan fingerprint density at radius 2 is 1.89 bits per heavy atom. The molecule has 0 bridgehead atoms. The molecular weight excluding hydrogens is 290 g/mol. The fourth-order valence-corrected chi connectivity index (χ4v) is 2.12. The second-order valence-electron chi connectivity index (χ2n) is 4.12. The van der Waals surface area contributed by atoms with Gasteiger partial charge in [-0.25, -0.2) is 0 Å². The largest absolute Gasteiger partial charge is 0.381 e. The molecule has 0 spiro atoms. The van der Waals surface area contributed by atoms with E-state index in [1.165, 1.54) is 5.56 Å². The van der Waals surface area contributed by atoms with Crippen LogP contribution in [0.5, 0.6) is 0 Å². The van der Waals surface area contributed by atoms with Gasteiger partial charge in [-0.3, -0.25) is 4.79 Å². The SMILES string of the molecule is CC(=O)c1ccc(NCc2cccc(Br)c2)cc1. The van der Waals surface area contributed by atoms with Crippen molar-refractivity contribution in [3.8, 4) is 0 Å². The molecule has 2 nitrogen and oxygen atoms in total. The third-order valence-corrected chi connectivity index (χ3v) is 3.17. The van der Waals surface area contributed by atoms with Crippen LogP contribution in [-0.4, -0.2) is 5.78 Å². The van der Waals surface area contributed by atoms with Gasteiger partial charge in [0.05, 0.1) is 0 Å². The normalized spacial score (nSPS) is 10.1. The number of benzene rings is 2. The standard InChI is InChI=1S/C15H14BrNO/c1-11(18)13-5-7-15(8-6-13)17-10-12-3-2-4-14(16)9-12/h2-9,17H,10H2,1H3. The van der Waals surface area contributed by atoms with Crippen LogP contribution in [0.25, 0.3) is 0 Å². The number of hydrogen-bond acceptors (Lipinski definition) is 2. The average molecular weight is 304 g/mol. The van der Waals surface area contributed by atoms with Gasteiger partial charge in [-0.1, -0.05) is 28.1 Å². The second kappa shape index (κ2) is 5.83. The van der Waals surface area contributed by atoms with Gasteiger partial charge in [0.2, 0.25) is 0 Å². The fraction of sp³-hybridized carbons (Fsp3) is 0.133. The van der Waals surface area contributed by atoms with E-state index >= 15 is 0 Å². The molecule has 1 N–H and O–H groups in total. The summed E-state index contributed by atoms with van der Waals surface area (Å²) in [4.78, 5) is 11.1. The molecule has 3 heteroatoms. The Balaban J connectivity index is 2.00. The van der Waals surface area contributed by atoms with E-state index in [2.05, 4.69) is 33.4 Å². The molecule has 0 aliphatic rings. The topological polar surface area (TPSA) is 29.1 Å². The Hall–Kier alpha value is -1.61. The number of rotatable bonds is 4. The molecular formula is C15H14BrNO. The lowest BCUT2D eigenvalue weighted by molar-refractivity contribution is 0.101.